The van der Waals surface area contributed by atoms with Gasteiger partial charge in [0.05, 0.1) is 0 Å². The molecule has 1 heterocycles. The summed E-state index contributed by atoms with van der Waals surface area (Å²) in [5, 5.41) is 14.3. The van der Waals surface area contributed by atoms with Crippen molar-refractivity contribution in [2.75, 3.05) is 6.61 Å². The number of nitrogens with one attached hydrogen (secondary N) is 1. The van der Waals surface area contributed by atoms with Crippen LogP contribution in [0.5, 0.6) is 0 Å². The van der Waals surface area contributed by atoms with Gasteiger partial charge in [0.15, 0.2) is 0 Å². The van der Waals surface area contributed by atoms with E-state index in [1.165, 1.54) is 0 Å². The van der Waals surface area contributed by atoms with Gasteiger partial charge in [-0.05, 0) is 30.4 Å². The maximum absolute atomic E-state index is 11.8. The molecule has 0 radical (unpaired) electrons. The molecule has 18 heavy (non-hydrogen) atoms. The molecule has 1 amide bonds. The van der Waals surface area contributed by atoms with Crippen LogP contribution in [-0.4, -0.2) is 23.7 Å². The lowest BCUT2D eigenvalue weighted by Crippen LogP contribution is -2.42. The summed E-state index contributed by atoms with van der Waals surface area (Å²) in [5.74, 6) is 0.159. The molecular formula is C14H19NO2S. The summed E-state index contributed by atoms with van der Waals surface area (Å²) in [5.41, 5.74) is 0. The molecule has 0 bridgehead atoms. The zero-order valence-electron chi connectivity index (χ0n) is 10.3. The number of carbonyl (C=O) groups excluding carboxylic acids is 1. The molecular weight excluding hydrogens is 246 g/mol. The number of aliphatic hydroxyl groups excluding tert-OH is 1. The zero-order valence-corrected chi connectivity index (χ0v) is 11.2. The van der Waals surface area contributed by atoms with Crippen LogP contribution in [0.3, 0.4) is 0 Å². The van der Waals surface area contributed by atoms with Crippen LogP contribution in [0.15, 0.2) is 23.6 Å². The molecule has 1 saturated carbocycles. The van der Waals surface area contributed by atoms with Gasteiger partial charge in [0.1, 0.15) is 0 Å². The predicted octanol–water partition coefficient (Wildman–Crippen LogP) is 2.43. The molecule has 0 aliphatic heterocycles. The number of thiophene rings is 1. The minimum absolute atomic E-state index is 0.0613. The maximum atomic E-state index is 11.8. The van der Waals surface area contributed by atoms with Crippen LogP contribution >= 0.6 is 11.3 Å². The third-order valence-electron chi connectivity index (χ3n) is 3.41. The van der Waals surface area contributed by atoms with Crippen LogP contribution in [0.4, 0.5) is 0 Å². The van der Waals surface area contributed by atoms with Crippen molar-refractivity contribution in [1.29, 1.82) is 0 Å². The van der Waals surface area contributed by atoms with E-state index in [1.807, 2.05) is 23.6 Å². The van der Waals surface area contributed by atoms with Crippen molar-refractivity contribution >= 4 is 23.3 Å². The standard InChI is InChI=1S/C14H19NO2S/c16-10-11-4-1-2-6-13(11)15-14(17)8-7-12-5-3-9-18-12/h3,5,7-9,11,13,16H,1-2,4,6,10H2,(H,15,17)/b8-7+. The lowest BCUT2D eigenvalue weighted by molar-refractivity contribution is -0.117. The fourth-order valence-electron chi connectivity index (χ4n) is 2.39. The van der Waals surface area contributed by atoms with E-state index in [1.54, 1.807) is 17.4 Å². The molecule has 2 rings (SSSR count). The van der Waals surface area contributed by atoms with Gasteiger partial charge in [-0.25, -0.2) is 0 Å². The summed E-state index contributed by atoms with van der Waals surface area (Å²) in [7, 11) is 0. The van der Waals surface area contributed by atoms with Crippen LogP contribution in [0.2, 0.25) is 0 Å². The topological polar surface area (TPSA) is 49.3 Å². The molecule has 0 saturated heterocycles. The van der Waals surface area contributed by atoms with E-state index < -0.39 is 0 Å². The molecule has 0 spiro atoms. The van der Waals surface area contributed by atoms with Gasteiger partial charge in [-0.3, -0.25) is 4.79 Å². The number of carbonyl (C=O) groups is 1. The Morgan fingerprint density at radius 3 is 3.06 bits per heavy atom. The molecule has 2 N–H and O–H groups in total. The van der Waals surface area contributed by atoms with Crippen molar-refractivity contribution in [2.24, 2.45) is 5.92 Å². The summed E-state index contributed by atoms with van der Waals surface area (Å²) in [6, 6.07) is 4.07. The quantitative estimate of drug-likeness (QED) is 0.821. The first-order chi connectivity index (χ1) is 8.79. The molecule has 1 aliphatic rings. The van der Waals surface area contributed by atoms with Crippen molar-refractivity contribution < 1.29 is 9.90 Å². The highest BCUT2D eigenvalue weighted by molar-refractivity contribution is 7.10. The lowest BCUT2D eigenvalue weighted by Gasteiger charge is -2.30. The average molecular weight is 265 g/mol. The van der Waals surface area contributed by atoms with Crippen LogP contribution in [0, 0.1) is 5.92 Å². The zero-order chi connectivity index (χ0) is 12.8. The molecule has 1 fully saturated rings. The summed E-state index contributed by atoms with van der Waals surface area (Å²) in [4.78, 5) is 12.9. The fraction of sp³-hybridized carbons (Fsp3) is 0.500. The van der Waals surface area contributed by atoms with Crippen molar-refractivity contribution in [2.45, 2.75) is 31.7 Å². The third kappa shape index (κ3) is 3.68. The van der Waals surface area contributed by atoms with Gasteiger partial charge in [-0.2, -0.15) is 0 Å². The second kappa shape index (κ2) is 6.71. The Morgan fingerprint density at radius 2 is 2.33 bits per heavy atom. The third-order valence-corrected chi connectivity index (χ3v) is 4.25. The molecule has 1 aromatic heterocycles. The van der Waals surface area contributed by atoms with Gasteiger partial charge in [0.25, 0.3) is 0 Å². The van der Waals surface area contributed by atoms with Crippen LogP contribution in [0.25, 0.3) is 6.08 Å². The number of aliphatic hydroxyl groups is 1. The second-order valence-corrected chi connectivity index (χ2v) is 5.67. The van der Waals surface area contributed by atoms with Crippen LogP contribution in [0.1, 0.15) is 30.6 Å². The molecule has 98 valence electrons. The van der Waals surface area contributed by atoms with Gasteiger partial charge < -0.3 is 10.4 Å². The van der Waals surface area contributed by atoms with E-state index in [4.69, 9.17) is 0 Å². The smallest absolute Gasteiger partial charge is 0.244 e. The molecule has 2 atom stereocenters. The maximum Gasteiger partial charge on any atom is 0.244 e. The molecule has 1 aliphatic carbocycles. The van der Waals surface area contributed by atoms with Gasteiger partial charge in [0, 0.05) is 29.5 Å². The van der Waals surface area contributed by atoms with Gasteiger partial charge in [-0.15, -0.1) is 11.3 Å². The number of rotatable bonds is 4. The highest BCUT2D eigenvalue weighted by atomic mass is 32.1. The first kappa shape index (κ1) is 13.3. The summed E-state index contributed by atoms with van der Waals surface area (Å²) >= 11 is 1.61. The lowest BCUT2D eigenvalue weighted by atomic mass is 9.85. The summed E-state index contributed by atoms with van der Waals surface area (Å²) in [6.07, 6.45) is 7.68. The largest absolute Gasteiger partial charge is 0.396 e. The number of hydrogen-bond donors (Lipinski definition) is 2. The van der Waals surface area contributed by atoms with E-state index in [0.717, 1.165) is 30.6 Å². The molecule has 2 unspecified atom stereocenters. The van der Waals surface area contributed by atoms with Crippen molar-refractivity contribution in [3.63, 3.8) is 0 Å². The Balaban J connectivity index is 1.86. The van der Waals surface area contributed by atoms with Crippen LogP contribution in [-0.2, 0) is 4.79 Å². The minimum Gasteiger partial charge on any atom is -0.396 e. The second-order valence-electron chi connectivity index (χ2n) is 4.69. The normalized spacial score (nSPS) is 24.3. The molecule has 1 aromatic rings. The Kier molecular flexibility index (Phi) is 4.96. The predicted molar refractivity (Wildman–Crippen MR) is 74.3 cm³/mol. The molecule has 0 aromatic carbocycles. The highest BCUT2D eigenvalue weighted by Crippen LogP contribution is 2.23. The van der Waals surface area contributed by atoms with Gasteiger partial charge in [-0.1, -0.05) is 18.9 Å². The molecule has 4 heteroatoms. The minimum atomic E-state index is -0.0613. The number of amides is 1. The average Bonchev–Trinajstić information content (AvgIpc) is 2.90. The van der Waals surface area contributed by atoms with Gasteiger partial charge >= 0.3 is 0 Å². The Labute approximate surface area is 112 Å². The Bertz CT molecular complexity index is 400. The van der Waals surface area contributed by atoms with Crippen molar-refractivity contribution in [1.82, 2.24) is 5.32 Å². The van der Waals surface area contributed by atoms with Crippen molar-refractivity contribution in [3.05, 3.63) is 28.5 Å². The number of hydrogen-bond acceptors (Lipinski definition) is 3. The van der Waals surface area contributed by atoms with E-state index in [2.05, 4.69) is 5.32 Å². The SMILES string of the molecule is O=C(/C=C/c1cccs1)NC1CCCCC1CO. The van der Waals surface area contributed by atoms with E-state index in [0.29, 0.717) is 0 Å². The highest BCUT2D eigenvalue weighted by Gasteiger charge is 2.25. The van der Waals surface area contributed by atoms with Gasteiger partial charge in [0.2, 0.25) is 5.91 Å². The first-order valence-electron chi connectivity index (χ1n) is 6.42. The first-order valence-corrected chi connectivity index (χ1v) is 7.30. The van der Waals surface area contributed by atoms with Crippen LogP contribution < -0.4 is 5.32 Å². The van der Waals surface area contributed by atoms with Crippen molar-refractivity contribution in [3.8, 4) is 0 Å². The fourth-order valence-corrected chi connectivity index (χ4v) is 3.01. The monoisotopic (exact) mass is 265 g/mol. The molecule has 3 nitrogen and oxygen atoms in total. The van der Waals surface area contributed by atoms with E-state index >= 15 is 0 Å². The van der Waals surface area contributed by atoms with E-state index in [9.17, 15) is 9.90 Å². The summed E-state index contributed by atoms with van der Waals surface area (Å²) in [6.45, 7) is 0.166. The van der Waals surface area contributed by atoms with E-state index in [-0.39, 0.29) is 24.5 Å². The summed E-state index contributed by atoms with van der Waals surface area (Å²) < 4.78 is 0. The Morgan fingerprint density at radius 1 is 1.50 bits per heavy atom. The Hall–Kier alpha value is -1.13.